The zero-order valence-electron chi connectivity index (χ0n) is 15.0. The number of hydrogen-bond acceptors (Lipinski definition) is 5. The van der Waals surface area contributed by atoms with Crippen molar-refractivity contribution in [2.75, 3.05) is 24.0 Å². The van der Waals surface area contributed by atoms with Gasteiger partial charge in [-0.2, -0.15) is 0 Å². The summed E-state index contributed by atoms with van der Waals surface area (Å²) in [6.07, 6.45) is 7.69. The highest BCUT2D eigenvalue weighted by atomic mass is 79.9. The van der Waals surface area contributed by atoms with Crippen LogP contribution in [-0.2, 0) is 9.53 Å². The first kappa shape index (κ1) is 19.3. The average molecular weight is 430 g/mol. The number of rotatable bonds is 8. The van der Waals surface area contributed by atoms with Crippen molar-refractivity contribution in [3.63, 3.8) is 0 Å². The van der Waals surface area contributed by atoms with Crippen LogP contribution in [0.1, 0.15) is 36.8 Å². The van der Waals surface area contributed by atoms with Crippen molar-refractivity contribution in [1.29, 1.82) is 0 Å². The number of ether oxygens (including phenoxy) is 2. The molecule has 1 aromatic heterocycles. The zero-order chi connectivity index (χ0) is 19.2. The van der Waals surface area contributed by atoms with Crippen molar-refractivity contribution in [3.8, 4) is 29.4 Å². The molecule has 1 aromatic carbocycles. The van der Waals surface area contributed by atoms with Gasteiger partial charge >= 0.3 is 0 Å². The highest BCUT2D eigenvalue weighted by Gasteiger charge is 2.29. The van der Waals surface area contributed by atoms with E-state index in [4.69, 9.17) is 15.9 Å². The van der Waals surface area contributed by atoms with Gasteiger partial charge in [0.15, 0.2) is 12.6 Å². The summed E-state index contributed by atoms with van der Waals surface area (Å²) in [5.74, 6) is 3.90. The molecule has 1 N–H and O–H groups in total. The molecule has 140 valence electrons. The molecule has 2 aromatic rings. The van der Waals surface area contributed by atoms with Crippen LogP contribution >= 0.6 is 15.9 Å². The number of carbonyl (C=O) groups is 1. The number of anilines is 1. The number of hydrogen-bond donors (Lipinski definition) is 1. The van der Waals surface area contributed by atoms with Gasteiger partial charge in [-0.3, -0.25) is 4.79 Å². The van der Waals surface area contributed by atoms with Gasteiger partial charge < -0.3 is 14.8 Å². The number of benzene rings is 1. The molecule has 3 rings (SSSR count). The summed E-state index contributed by atoms with van der Waals surface area (Å²) in [4.78, 5) is 11.6. The van der Waals surface area contributed by atoms with E-state index in [1.165, 1.54) is 0 Å². The molecule has 0 unspecified atom stereocenters. The van der Waals surface area contributed by atoms with Crippen molar-refractivity contribution >= 4 is 27.7 Å². The minimum atomic E-state index is -0.169. The van der Waals surface area contributed by atoms with E-state index in [1.807, 2.05) is 25.1 Å². The van der Waals surface area contributed by atoms with Crippen molar-refractivity contribution < 1.29 is 14.3 Å². The predicted molar refractivity (Wildman–Crippen MR) is 107 cm³/mol. The fourth-order valence-electron chi connectivity index (χ4n) is 2.67. The first-order valence-electron chi connectivity index (χ1n) is 8.71. The van der Waals surface area contributed by atoms with Crippen LogP contribution in [0, 0.1) is 12.3 Å². The molecule has 0 aliphatic heterocycles. The lowest BCUT2D eigenvalue weighted by atomic mass is 10.0. The van der Waals surface area contributed by atoms with Gasteiger partial charge in [0.1, 0.15) is 11.4 Å². The number of terminal acetylenes is 1. The van der Waals surface area contributed by atoms with Gasteiger partial charge in [0, 0.05) is 17.7 Å². The molecule has 0 saturated heterocycles. The Kier molecular flexibility index (Phi) is 6.43. The van der Waals surface area contributed by atoms with E-state index < -0.39 is 0 Å². The topological polar surface area (TPSA) is 73.3 Å². The smallest absolute Gasteiger partial charge is 0.236 e. The number of amides is 1. The Hall–Kier alpha value is -2.43. The van der Waals surface area contributed by atoms with Crippen LogP contribution in [0.15, 0.2) is 24.3 Å². The molecule has 7 heteroatoms. The lowest BCUT2D eigenvalue weighted by Gasteiger charge is -2.15. The third-order valence-corrected chi connectivity index (χ3v) is 4.64. The van der Waals surface area contributed by atoms with Gasteiger partial charge in [-0.1, -0.05) is 21.9 Å². The summed E-state index contributed by atoms with van der Waals surface area (Å²) >= 11 is 3.13. The minimum absolute atomic E-state index is 0.128. The predicted octanol–water partition coefficient (Wildman–Crippen LogP) is 3.71. The lowest BCUT2D eigenvalue weighted by Crippen LogP contribution is -2.14. The SMILES string of the molecule is C#Cc1ccc(-c2nnc(NC(=O)CBr)cc2C2CC2)c(OCOCC)c1. The second-order valence-electron chi connectivity index (χ2n) is 6.10. The second-order valence-corrected chi connectivity index (χ2v) is 6.66. The van der Waals surface area contributed by atoms with E-state index in [0.29, 0.717) is 29.7 Å². The summed E-state index contributed by atoms with van der Waals surface area (Å²) in [7, 11) is 0. The summed E-state index contributed by atoms with van der Waals surface area (Å²) in [6.45, 7) is 2.58. The first-order chi connectivity index (χ1) is 13.2. The van der Waals surface area contributed by atoms with Gasteiger partial charge in [0.2, 0.25) is 5.91 Å². The number of alkyl halides is 1. The Labute approximate surface area is 166 Å². The van der Waals surface area contributed by atoms with Crippen LogP contribution in [0.3, 0.4) is 0 Å². The summed E-state index contributed by atoms with van der Waals surface area (Å²) < 4.78 is 11.1. The van der Waals surface area contributed by atoms with Crippen molar-refractivity contribution in [2.45, 2.75) is 25.7 Å². The number of carbonyl (C=O) groups excluding carboxylic acids is 1. The fourth-order valence-corrected chi connectivity index (χ4v) is 2.81. The van der Waals surface area contributed by atoms with Crippen molar-refractivity contribution in [1.82, 2.24) is 10.2 Å². The normalized spacial score (nSPS) is 13.1. The van der Waals surface area contributed by atoms with Gasteiger partial charge in [-0.15, -0.1) is 16.6 Å². The number of halogens is 1. The molecule has 1 amide bonds. The highest BCUT2D eigenvalue weighted by Crippen LogP contribution is 2.45. The molecule has 1 saturated carbocycles. The molecule has 1 fully saturated rings. The van der Waals surface area contributed by atoms with E-state index in [-0.39, 0.29) is 18.0 Å². The number of nitrogens with one attached hydrogen (secondary N) is 1. The van der Waals surface area contributed by atoms with E-state index in [0.717, 1.165) is 29.7 Å². The molecular weight excluding hydrogens is 410 g/mol. The minimum Gasteiger partial charge on any atom is -0.467 e. The van der Waals surface area contributed by atoms with E-state index in [9.17, 15) is 4.79 Å². The third kappa shape index (κ3) is 4.85. The van der Waals surface area contributed by atoms with Crippen LogP contribution in [-0.4, -0.2) is 34.8 Å². The van der Waals surface area contributed by atoms with Crippen molar-refractivity contribution in [2.24, 2.45) is 0 Å². The molecule has 0 radical (unpaired) electrons. The van der Waals surface area contributed by atoms with Crippen LogP contribution in [0.25, 0.3) is 11.3 Å². The Bertz CT molecular complexity index is 875. The van der Waals surface area contributed by atoms with Gasteiger partial charge in [-0.25, -0.2) is 0 Å². The second kappa shape index (κ2) is 8.98. The van der Waals surface area contributed by atoms with Crippen LogP contribution in [0.4, 0.5) is 5.82 Å². The quantitative estimate of drug-likeness (QED) is 0.299. The van der Waals surface area contributed by atoms with Crippen LogP contribution < -0.4 is 10.1 Å². The van der Waals surface area contributed by atoms with E-state index >= 15 is 0 Å². The number of aromatic nitrogens is 2. The Morgan fingerprint density at radius 3 is 2.85 bits per heavy atom. The standard InChI is InChI=1S/C20H20BrN3O3/c1-3-13-5-8-15(17(9-13)27-12-26-4-2)20-16(14-6-7-14)10-18(23-24-20)22-19(25)11-21/h1,5,8-10,14H,4,6-7,11-12H2,2H3,(H,22,23,25). The molecule has 0 bridgehead atoms. The third-order valence-electron chi connectivity index (χ3n) is 4.13. The van der Waals surface area contributed by atoms with Gasteiger partial charge in [0.05, 0.1) is 5.33 Å². The first-order valence-corrected chi connectivity index (χ1v) is 9.83. The molecule has 6 nitrogen and oxygen atoms in total. The Morgan fingerprint density at radius 2 is 2.19 bits per heavy atom. The maximum atomic E-state index is 11.6. The maximum Gasteiger partial charge on any atom is 0.236 e. The average Bonchev–Trinajstić information content (AvgIpc) is 3.53. The molecule has 0 spiro atoms. The molecule has 1 aliphatic carbocycles. The summed E-state index contributed by atoms with van der Waals surface area (Å²) in [5, 5.41) is 11.5. The van der Waals surface area contributed by atoms with E-state index in [2.05, 4.69) is 37.4 Å². The van der Waals surface area contributed by atoms with E-state index in [1.54, 1.807) is 6.07 Å². The molecule has 27 heavy (non-hydrogen) atoms. The highest BCUT2D eigenvalue weighted by molar-refractivity contribution is 9.09. The Balaban J connectivity index is 1.99. The Morgan fingerprint density at radius 1 is 1.37 bits per heavy atom. The summed E-state index contributed by atoms with van der Waals surface area (Å²) in [6, 6.07) is 7.43. The summed E-state index contributed by atoms with van der Waals surface area (Å²) in [5.41, 5.74) is 3.31. The molecule has 0 atom stereocenters. The zero-order valence-corrected chi connectivity index (χ0v) is 16.6. The largest absolute Gasteiger partial charge is 0.467 e. The number of nitrogens with zero attached hydrogens (tertiary/aromatic N) is 2. The molecule has 1 aliphatic rings. The molecular formula is C20H20BrN3O3. The maximum absolute atomic E-state index is 11.6. The molecule has 1 heterocycles. The van der Waals surface area contributed by atoms with Crippen molar-refractivity contribution in [3.05, 3.63) is 35.4 Å². The van der Waals surface area contributed by atoms with Crippen LogP contribution in [0.5, 0.6) is 5.75 Å². The van der Waals surface area contributed by atoms with Gasteiger partial charge in [-0.05, 0) is 55.5 Å². The lowest BCUT2D eigenvalue weighted by molar-refractivity contribution is -0.113. The monoisotopic (exact) mass is 429 g/mol. The van der Waals surface area contributed by atoms with Gasteiger partial charge in [0.25, 0.3) is 0 Å². The fraction of sp³-hybridized carbons (Fsp3) is 0.350. The van der Waals surface area contributed by atoms with Crippen LogP contribution in [0.2, 0.25) is 0 Å².